The molecule has 1 aliphatic rings. The molecule has 1 aliphatic heterocycles. The quantitative estimate of drug-likeness (QED) is 0.655. The molecule has 32 heavy (non-hydrogen) atoms. The molecule has 0 bridgehead atoms. The number of nitrogens with one attached hydrogen (secondary N) is 1. The Kier molecular flexibility index (Phi) is 6.44. The van der Waals surface area contributed by atoms with Gasteiger partial charge in [0.25, 0.3) is 11.5 Å². The summed E-state index contributed by atoms with van der Waals surface area (Å²) in [6, 6.07) is 10.3. The fraction of sp³-hybridized carbons (Fsp3) is 0.400. The first-order valence-corrected chi connectivity index (χ1v) is 11.1. The van der Waals surface area contributed by atoms with Crippen molar-refractivity contribution in [3.63, 3.8) is 0 Å². The monoisotopic (exact) mass is 435 g/mol. The number of rotatable bonds is 5. The number of hydrogen-bond acceptors (Lipinski definition) is 5. The van der Waals surface area contributed by atoms with Crippen molar-refractivity contribution in [1.82, 2.24) is 14.9 Å². The molecule has 0 spiro atoms. The van der Waals surface area contributed by atoms with E-state index in [1.54, 1.807) is 37.0 Å². The van der Waals surface area contributed by atoms with Crippen molar-refractivity contribution in [2.24, 2.45) is 0 Å². The van der Waals surface area contributed by atoms with E-state index in [1.807, 2.05) is 25.1 Å². The van der Waals surface area contributed by atoms with E-state index < -0.39 is 0 Å². The Bertz CT molecular complexity index is 1200. The minimum absolute atomic E-state index is 0.0201. The predicted octanol–water partition coefficient (Wildman–Crippen LogP) is 4.02. The van der Waals surface area contributed by atoms with E-state index in [4.69, 9.17) is 14.5 Å². The van der Waals surface area contributed by atoms with E-state index >= 15 is 0 Å². The van der Waals surface area contributed by atoms with Crippen molar-refractivity contribution in [3.05, 3.63) is 63.7 Å². The lowest BCUT2D eigenvalue weighted by atomic mass is 10.1. The van der Waals surface area contributed by atoms with Gasteiger partial charge >= 0.3 is 0 Å². The van der Waals surface area contributed by atoms with E-state index in [9.17, 15) is 9.59 Å². The van der Waals surface area contributed by atoms with Gasteiger partial charge in [-0.15, -0.1) is 0 Å². The molecule has 2 aromatic carbocycles. The molecule has 0 radical (unpaired) electrons. The Labute approximate surface area is 187 Å². The average molecular weight is 436 g/mol. The van der Waals surface area contributed by atoms with Gasteiger partial charge in [-0.05, 0) is 56.2 Å². The van der Waals surface area contributed by atoms with E-state index in [0.717, 1.165) is 43.5 Å². The van der Waals surface area contributed by atoms with E-state index in [1.165, 1.54) is 0 Å². The minimum Gasteiger partial charge on any atom is -0.497 e. The Morgan fingerprint density at radius 3 is 2.66 bits per heavy atom. The van der Waals surface area contributed by atoms with Gasteiger partial charge < -0.3 is 14.8 Å². The molecule has 3 aromatic rings. The standard InChI is InChI=1S/C25H29N3O4/c1-16(20-15-18(31-2)10-12-22(20)32-3)26-24(29)17-9-11-19-21(14-17)27-23-8-6-4-5-7-13-28(23)25(19)30/h9-12,14-16H,4-8,13H2,1-3H3,(H,26,29). The highest BCUT2D eigenvalue weighted by Gasteiger charge is 2.18. The number of carbonyl (C=O) groups excluding carboxylic acids is 1. The number of fused-ring (bicyclic) bond motifs is 2. The average Bonchev–Trinajstić information content (AvgIpc) is 2.79. The van der Waals surface area contributed by atoms with Crippen LogP contribution in [0, 0.1) is 0 Å². The number of carbonyl (C=O) groups is 1. The zero-order chi connectivity index (χ0) is 22.7. The van der Waals surface area contributed by atoms with Crippen molar-refractivity contribution in [3.8, 4) is 11.5 Å². The lowest BCUT2D eigenvalue weighted by Crippen LogP contribution is -2.28. The molecule has 0 aliphatic carbocycles. The summed E-state index contributed by atoms with van der Waals surface area (Å²) in [5.41, 5.74) is 1.84. The SMILES string of the molecule is COc1ccc(OC)c(C(C)NC(=O)c2ccc3c(=O)n4c(nc3c2)CCCCCC4)c1. The maximum absolute atomic E-state index is 13.0. The summed E-state index contributed by atoms with van der Waals surface area (Å²) < 4.78 is 12.6. The van der Waals surface area contributed by atoms with Gasteiger partial charge in [0.1, 0.15) is 17.3 Å². The van der Waals surface area contributed by atoms with Crippen molar-refractivity contribution in [2.75, 3.05) is 14.2 Å². The second-order valence-electron chi connectivity index (χ2n) is 8.18. The predicted molar refractivity (Wildman–Crippen MR) is 124 cm³/mol. The molecule has 1 aromatic heterocycles. The third-order valence-corrected chi connectivity index (χ3v) is 6.08. The molecular weight excluding hydrogens is 406 g/mol. The molecule has 4 rings (SSSR count). The van der Waals surface area contributed by atoms with E-state index in [2.05, 4.69) is 5.32 Å². The van der Waals surface area contributed by atoms with E-state index in [0.29, 0.717) is 34.5 Å². The van der Waals surface area contributed by atoms with Gasteiger partial charge in [0.15, 0.2) is 0 Å². The van der Waals surface area contributed by atoms with Crippen LogP contribution in [0.2, 0.25) is 0 Å². The number of amides is 1. The fourth-order valence-electron chi connectivity index (χ4n) is 4.27. The molecule has 1 amide bonds. The van der Waals surface area contributed by atoms with Gasteiger partial charge in [0.2, 0.25) is 0 Å². The molecule has 0 saturated heterocycles. The Balaban J connectivity index is 1.63. The van der Waals surface area contributed by atoms with Crippen LogP contribution in [-0.4, -0.2) is 29.7 Å². The summed E-state index contributed by atoms with van der Waals surface area (Å²) in [5, 5.41) is 3.56. The first-order chi connectivity index (χ1) is 15.5. The maximum atomic E-state index is 13.0. The normalized spacial score (nSPS) is 14.7. The number of aryl methyl sites for hydroxylation is 1. The van der Waals surface area contributed by atoms with Crippen LogP contribution in [0.1, 0.15) is 60.4 Å². The first kappa shape index (κ1) is 21.9. The van der Waals surface area contributed by atoms with Crippen LogP contribution in [0.3, 0.4) is 0 Å². The lowest BCUT2D eigenvalue weighted by Gasteiger charge is -2.19. The van der Waals surface area contributed by atoms with Crippen molar-refractivity contribution < 1.29 is 14.3 Å². The first-order valence-electron chi connectivity index (χ1n) is 11.1. The highest BCUT2D eigenvalue weighted by molar-refractivity contribution is 5.97. The second-order valence-corrected chi connectivity index (χ2v) is 8.18. The summed E-state index contributed by atoms with van der Waals surface area (Å²) in [6.45, 7) is 2.60. The van der Waals surface area contributed by atoms with Crippen LogP contribution < -0.4 is 20.3 Å². The number of nitrogens with zero attached hydrogens (tertiary/aromatic N) is 2. The van der Waals surface area contributed by atoms with Gasteiger partial charge in [-0.25, -0.2) is 4.98 Å². The third kappa shape index (κ3) is 4.33. The number of benzene rings is 2. The summed E-state index contributed by atoms with van der Waals surface area (Å²) in [7, 11) is 3.19. The number of hydrogen-bond donors (Lipinski definition) is 1. The molecule has 0 fully saturated rings. The molecule has 7 heteroatoms. The largest absolute Gasteiger partial charge is 0.497 e. The summed E-state index contributed by atoms with van der Waals surface area (Å²) in [6.07, 6.45) is 5.10. The summed E-state index contributed by atoms with van der Waals surface area (Å²) in [4.78, 5) is 30.8. The van der Waals surface area contributed by atoms with Crippen molar-refractivity contribution in [1.29, 1.82) is 0 Å². The van der Waals surface area contributed by atoms with Crippen LogP contribution in [0.5, 0.6) is 11.5 Å². The third-order valence-electron chi connectivity index (χ3n) is 6.08. The zero-order valence-corrected chi connectivity index (χ0v) is 18.8. The summed E-state index contributed by atoms with van der Waals surface area (Å²) >= 11 is 0. The Hall–Kier alpha value is -3.35. The smallest absolute Gasteiger partial charge is 0.261 e. The van der Waals surface area contributed by atoms with Gasteiger partial charge in [-0.2, -0.15) is 0 Å². The maximum Gasteiger partial charge on any atom is 0.261 e. The molecule has 7 nitrogen and oxygen atoms in total. The van der Waals surface area contributed by atoms with Gasteiger partial charge in [-0.1, -0.05) is 12.8 Å². The van der Waals surface area contributed by atoms with Crippen LogP contribution >= 0.6 is 0 Å². The molecule has 1 atom stereocenters. The summed E-state index contributed by atoms with van der Waals surface area (Å²) in [5.74, 6) is 1.94. The molecular formula is C25H29N3O4. The minimum atomic E-state index is -0.308. The highest BCUT2D eigenvalue weighted by atomic mass is 16.5. The van der Waals surface area contributed by atoms with Gasteiger partial charge in [0, 0.05) is 24.1 Å². The van der Waals surface area contributed by atoms with Crippen LogP contribution in [-0.2, 0) is 13.0 Å². The van der Waals surface area contributed by atoms with Gasteiger partial charge in [-0.3, -0.25) is 14.2 Å². The molecule has 1 N–H and O–H groups in total. The van der Waals surface area contributed by atoms with E-state index in [-0.39, 0.29) is 17.5 Å². The highest BCUT2D eigenvalue weighted by Crippen LogP contribution is 2.29. The Morgan fingerprint density at radius 1 is 1.06 bits per heavy atom. The molecule has 2 heterocycles. The van der Waals surface area contributed by atoms with Crippen LogP contribution in [0.4, 0.5) is 0 Å². The molecule has 0 saturated carbocycles. The van der Waals surface area contributed by atoms with Gasteiger partial charge in [0.05, 0.1) is 31.2 Å². The second kappa shape index (κ2) is 9.42. The van der Waals surface area contributed by atoms with Crippen molar-refractivity contribution in [2.45, 2.75) is 51.6 Å². The Morgan fingerprint density at radius 2 is 1.88 bits per heavy atom. The fourth-order valence-corrected chi connectivity index (χ4v) is 4.27. The topological polar surface area (TPSA) is 82.5 Å². The number of ether oxygens (including phenoxy) is 2. The zero-order valence-electron chi connectivity index (χ0n) is 18.8. The van der Waals surface area contributed by atoms with Crippen molar-refractivity contribution >= 4 is 16.8 Å². The van der Waals surface area contributed by atoms with Crippen LogP contribution in [0.15, 0.2) is 41.2 Å². The van der Waals surface area contributed by atoms with Crippen LogP contribution in [0.25, 0.3) is 10.9 Å². The lowest BCUT2D eigenvalue weighted by molar-refractivity contribution is 0.0939. The molecule has 168 valence electrons. The number of methoxy groups -OCH3 is 2. The molecule has 1 unspecified atom stereocenters. The number of aromatic nitrogens is 2.